The van der Waals surface area contributed by atoms with Crippen molar-refractivity contribution in [2.24, 2.45) is 5.73 Å². The Morgan fingerprint density at radius 1 is 1.18 bits per heavy atom. The summed E-state index contributed by atoms with van der Waals surface area (Å²) in [5, 5.41) is 8.94. The number of hydrogen-bond acceptors (Lipinski definition) is 4. The van der Waals surface area contributed by atoms with Gasteiger partial charge in [-0.25, -0.2) is 8.78 Å². The van der Waals surface area contributed by atoms with E-state index < -0.39 is 19.1 Å². The van der Waals surface area contributed by atoms with Crippen LogP contribution in [-0.2, 0) is 0 Å². The van der Waals surface area contributed by atoms with Gasteiger partial charge in [-0.3, -0.25) is 0 Å². The molecule has 4 nitrogen and oxygen atoms in total. The van der Waals surface area contributed by atoms with Crippen LogP contribution in [0.25, 0.3) is 0 Å². The number of methoxy groups -OCH3 is 2. The van der Waals surface area contributed by atoms with Crippen molar-refractivity contribution >= 4 is 0 Å². The summed E-state index contributed by atoms with van der Waals surface area (Å²) in [5.74, 6) is 0.507. The van der Waals surface area contributed by atoms with Gasteiger partial charge in [-0.2, -0.15) is 0 Å². The van der Waals surface area contributed by atoms with Gasteiger partial charge >= 0.3 is 0 Å². The molecule has 0 aliphatic carbocycles. The summed E-state index contributed by atoms with van der Waals surface area (Å²) in [6.45, 7) is -0.421. The lowest BCUT2D eigenvalue weighted by Gasteiger charge is -2.17. The number of halogens is 2. The number of nitrogens with two attached hydrogens (primary N) is 1. The molecular weight excluding hydrogens is 232 g/mol. The first-order valence-electron chi connectivity index (χ1n) is 4.95. The molecule has 0 bridgehead atoms. The van der Waals surface area contributed by atoms with Crippen LogP contribution in [0.1, 0.15) is 23.6 Å². The molecule has 0 radical (unpaired) electrons. The maximum absolute atomic E-state index is 12.8. The van der Waals surface area contributed by atoms with Gasteiger partial charge in [-0.15, -0.1) is 0 Å². The summed E-state index contributed by atoms with van der Waals surface area (Å²) in [5.41, 5.74) is 5.46. The van der Waals surface area contributed by atoms with Gasteiger partial charge < -0.3 is 20.3 Å². The Bertz CT molecular complexity index is 385. The summed E-state index contributed by atoms with van der Waals surface area (Å²) < 4.78 is 35.6. The van der Waals surface area contributed by atoms with E-state index in [1.54, 1.807) is 0 Å². The fourth-order valence-corrected chi connectivity index (χ4v) is 1.52. The molecule has 0 saturated carbocycles. The first kappa shape index (κ1) is 13.7. The molecular formula is C11H15F2NO3. The van der Waals surface area contributed by atoms with E-state index in [9.17, 15) is 8.78 Å². The van der Waals surface area contributed by atoms with E-state index in [2.05, 4.69) is 0 Å². The fraction of sp³-hybridized carbons (Fsp3) is 0.455. The lowest BCUT2D eigenvalue weighted by Crippen LogP contribution is -2.17. The number of hydrogen-bond donors (Lipinski definition) is 2. The minimum atomic E-state index is -2.69. The van der Waals surface area contributed by atoms with Gasteiger partial charge in [0.2, 0.25) is 0 Å². The van der Waals surface area contributed by atoms with Crippen LogP contribution in [-0.4, -0.2) is 25.9 Å². The van der Waals surface area contributed by atoms with Crippen LogP contribution in [0.15, 0.2) is 12.1 Å². The molecule has 0 fully saturated rings. The number of rotatable bonds is 5. The maximum atomic E-state index is 12.8. The molecule has 0 spiro atoms. The Labute approximate surface area is 97.9 Å². The van der Waals surface area contributed by atoms with Gasteiger partial charge in [-0.05, 0) is 17.7 Å². The van der Waals surface area contributed by atoms with Gasteiger partial charge in [0.05, 0.1) is 26.9 Å². The molecule has 3 N–H and O–H groups in total. The zero-order valence-corrected chi connectivity index (χ0v) is 9.61. The predicted octanol–water partition coefficient (Wildman–Crippen LogP) is 1.63. The number of alkyl halides is 2. The highest BCUT2D eigenvalue weighted by Gasteiger charge is 2.21. The molecule has 0 aliphatic heterocycles. The van der Waals surface area contributed by atoms with Crippen LogP contribution in [0.4, 0.5) is 8.78 Å². The van der Waals surface area contributed by atoms with E-state index in [1.165, 1.54) is 26.4 Å². The van der Waals surface area contributed by atoms with Crippen LogP contribution in [0, 0.1) is 0 Å². The summed E-state index contributed by atoms with van der Waals surface area (Å²) in [6.07, 6.45) is -2.69. The fourth-order valence-electron chi connectivity index (χ4n) is 1.52. The largest absolute Gasteiger partial charge is 0.493 e. The highest BCUT2D eigenvalue weighted by atomic mass is 19.3. The van der Waals surface area contributed by atoms with Gasteiger partial charge in [0.25, 0.3) is 6.43 Å². The summed E-state index contributed by atoms with van der Waals surface area (Å²) in [7, 11) is 2.76. The standard InChI is InChI=1S/C11H15F2NO3/c1-16-9-3-6(8(14)5-15)7(11(12)13)4-10(9)17-2/h3-4,8,11,15H,5,14H2,1-2H3. The average Bonchev–Trinajstić information content (AvgIpc) is 2.35. The van der Waals surface area contributed by atoms with Crippen LogP contribution in [0.3, 0.4) is 0 Å². The number of ether oxygens (including phenoxy) is 2. The second kappa shape index (κ2) is 5.79. The van der Waals surface area contributed by atoms with E-state index in [0.717, 1.165) is 0 Å². The van der Waals surface area contributed by atoms with E-state index in [-0.39, 0.29) is 16.9 Å². The smallest absolute Gasteiger partial charge is 0.264 e. The molecule has 17 heavy (non-hydrogen) atoms. The van der Waals surface area contributed by atoms with E-state index >= 15 is 0 Å². The highest BCUT2D eigenvalue weighted by molar-refractivity contribution is 5.49. The number of aliphatic hydroxyl groups excluding tert-OH is 1. The third-order valence-corrected chi connectivity index (χ3v) is 2.42. The molecule has 0 aliphatic rings. The minimum Gasteiger partial charge on any atom is -0.493 e. The van der Waals surface area contributed by atoms with Crippen molar-refractivity contribution in [3.63, 3.8) is 0 Å². The Kier molecular flexibility index (Phi) is 4.65. The first-order chi connectivity index (χ1) is 8.04. The molecule has 0 saturated heterocycles. The molecule has 1 rings (SSSR count). The second-order valence-electron chi connectivity index (χ2n) is 3.43. The number of benzene rings is 1. The average molecular weight is 247 g/mol. The Balaban J connectivity index is 3.34. The number of aliphatic hydroxyl groups is 1. The van der Waals surface area contributed by atoms with Crippen LogP contribution < -0.4 is 15.2 Å². The normalized spacial score (nSPS) is 12.6. The molecule has 0 heterocycles. The Morgan fingerprint density at radius 3 is 2.00 bits per heavy atom. The van der Waals surface area contributed by atoms with Crippen molar-refractivity contribution < 1.29 is 23.4 Å². The lowest BCUT2D eigenvalue weighted by atomic mass is 10.0. The molecule has 0 aromatic heterocycles. The first-order valence-corrected chi connectivity index (χ1v) is 4.95. The minimum absolute atomic E-state index is 0.153. The van der Waals surface area contributed by atoms with Crippen molar-refractivity contribution in [3.05, 3.63) is 23.3 Å². The Hall–Kier alpha value is -1.40. The van der Waals surface area contributed by atoms with Crippen LogP contribution in [0.2, 0.25) is 0 Å². The third kappa shape index (κ3) is 2.83. The maximum Gasteiger partial charge on any atom is 0.264 e. The van der Waals surface area contributed by atoms with Gasteiger partial charge in [0, 0.05) is 5.56 Å². The molecule has 1 unspecified atom stereocenters. The second-order valence-corrected chi connectivity index (χ2v) is 3.43. The van der Waals surface area contributed by atoms with E-state index in [1.807, 2.05) is 0 Å². The lowest BCUT2D eigenvalue weighted by molar-refractivity contribution is 0.148. The SMILES string of the molecule is COc1cc(C(F)F)c(C(N)CO)cc1OC. The molecule has 6 heteroatoms. The predicted molar refractivity (Wildman–Crippen MR) is 58.5 cm³/mol. The van der Waals surface area contributed by atoms with Crippen molar-refractivity contribution in [1.82, 2.24) is 0 Å². The van der Waals surface area contributed by atoms with E-state index in [4.69, 9.17) is 20.3 Å². The zero-order valence-electron chi connectivity index (χ0n) is 9.61. The van der Waals surface area contributed by atoms with Crippen LogP contribution in [0.5, 0.6) is 11.5 Å². The summed E-state index contributed by atoms with van der Waals surface area (Å²) >= 11 is 0. The topological polar surface area (TPSA) is 64.7 Å². The van der Waals surface area contributed by atoms with Crippen LogP contribution >= 0.6 is 0 Å². The molecule has 1 aromatic rings. The van der Waals surface area contributed by atoms with Crippen molar-refractivity contribution in [2.45, 2.75) is 12.5 Å². The van der Waals surface area contributed by atoms with Gasteiger partial charge in [0.1, 0.15) is 0 Å². The quantitative estimate of drug-likeness (QED) is 0.830. The zero-order chi connectivity index (χ0) is 13.0. The monoisotopic (exact) mass is 247 g/mol. The third-order valence-electron chi connectivity index (χ3n) is 2.42. The summed E-state index contributed by atoms with van der Waals surface area (Å²) in [4.78, 5) is 0. The molecule has 1 atom stereocenters. The highest BCUT2D eigenvalue weighted by Crippen LogP contribution is 2.36. The molecule has 0 amide bonds. The summed E-state index contributed by atoms with van der Waals surface area (Å²) in [6, 6.07) is 1.66. The van der Waals surface area contributed by atoms with Crippen molar-refractivity contribution in [1.29, 1.82) is 0 Å². The van der Waals surface area contributed by atoms with Crippen molar-refractivity contribution in [2.75, 3.05) is 20.8 Å². The van der Waals surface area contributed by atoms with Gasteiger partial charge in [0.15, 0.2) is 11.5 Å². The molecule has 1 aromatic carbocycles. The van der Waals surface area contributed by atoms with Gasteiger partial charge in [-0.1, -0.05) is 0 Å². The van der Waals surface area contributed by atoms with E-state index in [0.29, 0.717) is 5.75 Å². The van der Waals surface area contributed by atoms with Crippen molar-refractivity contribution in [3.8, 4) is 11.5 Å². The molecule has 96 valence electrons. The Morgan fingerprint density at radius 2 is 1.65 bits per heavy atom.